The number of anilines is 1. The van der Waals surface area contributed by atoms with Crippen molar-refractivity contribution in [2.24, 2.45) is 29.1 Å². The van der Waals surface area contributed by atoms with Gasteiger partial charge >= 0.3 is 0 Å². The lowest BCUT2D eigenvalue weighted by atomic mass is 9.51. The Morgan fingerprint density at radius 2 is 1.65 bits per heavy atom. The summed E-state index contributed by atoms with van der Waals surface area (Å²) in [4.78, 5) is 58.5. The molecule has 0 spiro atoms. The van der Waals surface area contributed by atoms with Crippen LogP contribution in [0.15, 0.2) is 60.2 Å². The molecule has 2 aromatic rings. The maximum atomic E-state index is 14.3. The molecule has 3 fully saturated rings. The summed E-state index contributed by atoms with van der Waals surface area (Å²) in [6.07, 6.45) is 2.72. The van der Waals surface area contributed by atoms with Gasteiger partial charge in [-0.1, -0.05) is 35.9 Å². The molecule has 8 nitrogen and oxygen atoms in total. The zero-order valence-corrected chi connectivity index (χ0v) is 23.4. The van der Waals surface area contributed by atoms with E-state index >= 15 is 0 Å². The van der Waals surface area contributed by atoms with Gasteiger partial charge in [-0.15, -0.1) is 0 Å². The molecule has 0 radical (unpaired) electrons. The molecule has 2 aromatic carbocycles. The quantitative estimate of drug-likeness (QED) is 0.455. The Bertz CT molecular complexity index is 1470. The molecule has 0 bridgehead atoms. The van der Waals surface area contributed by atoms with Crippen LogP contribution in [0.5, 0.6) is 11.5 Å². The maximum absolute atomic E-state index is 14.3. The fourth-order valence-corrected chi connectivity index (χ4v) is 7.75. The number of benzene rings is 2. The van der Waals surface area contributed by atoms with Gasteiger partial charge in [-0.05, 0) is 76.3 Å². The Kier molecular flexibility index (Phi) is 5.77. The number of imide groups is 2. The summed E-state index contributed by atoms with van der Waals surface area (Å²) in [6.45, 7) is 7.41. The Labute approximate surface area is 233 Å². The van der Waals surface area contributed by atoms with Crippen LogP contribution in [0, 0.1) is 29.1 Å². The largest absolute Gasteiger partial charge is 0.504 e. The van der Waals surface area contributed by atoms with Crippen molar-refractivity contribution < 1.29 is 29.0 Å². The van der Waals surface area contributed by atoms with E-state index in [2.05, 4.69) is 0 Å². The minimum atomic E-state index is -1.14. The molecule has 2 aliphatic carbocycles. The molecule has 6 atom stereocenters. The van der Waals surface area contributed by atoms with Crippen molar-refractivity contribution in [3.05, 3.63) is 65.7 Å². The molecule has 1 saturated carbocycles. The molecule has 1 N–H and O–H groups in total. The summed E-state index contributed by atoms with van der Waals surface area (Å²) >= 11 is 0. The van der Waals surface area contributed by atoms with Gasteiger partial charge in [0.25, 0.3) is 0 Å². The van der Waals surface area contributed by atoms with Gasteiger partial charge in [0.1, 0.15) is 0 Å². The van der Waals surface area contributed by atoms with Gasteiger partial charge in [-0.25, -0.2) is 4.90 Å². The first-order valence-corrected chi connectivity index (χ1v) is 13.8. The van der Waals surface area contributed by atoms with Crippen LogP contribution in [0.4, 0.5) is 5.69 Å². The number of nitrogens with zero attached hydrogens (tertiary/aromatic N) is 2. The number of phenols is 1. The Balaban J connectivity index is 1.53. The topological polar surface area (TPSA) is 104 Å². The summed E-state index contributed by atoms with van der Waals surface area (Å²) in [5.74, 6) is -3.44. The van der Waals surface area contributed by atoms with E-state index < -0.39 is 34.6 Å². The number of likely N-dealkylation sites (tertiary alicyclic amines) is 1. The third kappa shape index (κ3) is 3.44. The van der Waals surface area contributed by atoms with Crippen LogP contribution in [-0.2, 0) is 19.2 Å². The Hall–Kier alpha value is -3.94. The van der Waals surface area contributed by atoms with Crippen molar-refractivity contribution in [3.63, 3.8) is 0 Å². The number of hydrogen-bond donors (Lipinski definition) is 1. The van der Waals surface area contributed by atoms with E-state index in [1.54, 1.807) is 36.4 Å². The van der Waals surface area contributed by atoms with Gasteiger partial charge in [-0.2, -0.15) is 0 Å². The van der Waals surface area contributed by atoms with Gasteiger partial charge in [0.05, 0.1) is 36.0 Å². The predicted octanol–water partition coefficient (Wildman–Crippen LogP) is 4.43. The molecule has 2 aliphatic heterocycles. The molecule has 0 unspecified atom stereocenters. The highest BCUT2D eigenvalue weighted by atomic mass is 16.5. The second-order valence-corrected chi connectivity index (χ2v) is 12.6. The van der Waals surface area contributed by atoms with Crippen LogP contribution in [0.3, 0.4) is 0 Å². The number of hydrogen-bond acceptors (Lipinski definition) is 6. The number of para-hydroxylation sites is 1. The fourth-order valence-electron chi connectivity index (χ4n) is 7.75. The van der Waals surface area contributed by atoms with E-state index in [9.17, 15) is 24.3 Å². The lowest BCUT2D eigenvalue weighted by Gasteiger charge is -2.49. The standard InChI is InChI=1S/C32H34N2O6/c1-31(2,3)34-27(36)20-13-12-19-21(25(20)29(34)38)16-22-28(37)33(18-9-7-6-8-10-18)30(39)32(22,4)26(19)17-11-14-23(35)24(15-17)40-5/h6-12,14-15,20-22,25-26,35H,13,16H2,1-5H3/t20-,21+,22-,25-,26-,32+/m0/s1. The molecular formula is C32H34N2O6. The minimum absolute atomic E-state index is 0.0323. The monoisotopic (exact) mass is 542 g/mol. The third-order valence-electron chi connectivity index (χ3n) is 9.50. The third-order valence-corrected chi connectivity index (χ3v) is 9.50. The summed E-state index contributed by atoms with van der Waals surface area (Å²) < 4.78 is 5.41. The minimum Gasteiger partial charge on any atom is -0.504 e. The zero-order chi connectivity index (χ0) is 28.7. The van der Waals surface area contributed by atoms with Crippen LogP contribution < -0.4 is 9.64 Å². The van der Waals surface area contributed by atoms with Crippen LogP contribution in [0.1, 0.15) is 52.0 Å². The highest BCUT2D eigenvalue weighted by Crippen LogP contribution is 2.64. The molecule has 40 heavy (non-hydrogen) atoms. The first kappa shape index (κ1) is 26.3. The van der Waals surface area contributed by atoms with Crippen LogP contribution in [0.25, 0.3) is 0 Å². The second-order valence-electron chi connectivity index (χ2n) is 12.6. The van der Waals surface area contributed by atoms with E-state index in [0.717, 1.165) is 11.1 Å². The van der Waals surface area contributed by atoms with Gasteiger partial charge in [0, 0.05) is 11.5 Å². The number of fused-ring (bicyclic) bond motifs is 4. The number of amides is 4. The highest BCUT2D eigenvalue weighted by Gasteiger charge is 2.68. The maximum Gasteiger partial charge on any atom is 0.241 e. The Morgan fingerprint density at radius 1 is 0.950 bits per heavy atom. The van der Waals surface area contributed by atoms with Crippen molar-refractivity contribution in [3.8, 4) is 11.5 Å². The van der Waals surface area contributed by atoms with Crippen LogP contribution >= 0.6 is 0 Å². The number of allylic oxidation sites excluding steroid dienone is 2. The van der Waals surface area contributed by atoms with Crippen molar-refractivity contribution in [2.75, 3.05) is 12.0 Å². The molecule has 4 amide bonds. The number of aromatic hydroxyl groups is 1. The summed E-state index contributed by atoms with van der Waals surface area (Å²) in [5.41, 5.74) is 0.329. The number of carbonyl (C=O) groups excluding carboxylic acids is 4. The summed E-state index contributed by atoms with van der Waals surface area (Å²) in [5, 5.41) is 10.3. The second kappa shape index (κ2) is 8.78. The van der Waals surface area contributed by atoms with E-state index in [1.807, 2.05) is 39.8 Å². The molecule has 8 heteroatoms. The van der Waals surface area contributed by atoms with Crippen LogP contribution in [-0.4, -0.2) is 46.3 Å². The predicted molar refractivity (Wildman–Crippen MR) is 147 cm³/mol. The smallest absolute Gasteiger partial charge is 0.241 e. The molecule has 2 saturated heterocycles. The molecule has 208 valence electrons. The number of ether oxygens (including phenoxy) is 1. The normalized spacial score (nSPS) is 31.6. The van der Waals surface area contributed by atoms with Crippen molar-refractivity contribution in [2.45, 2.75) is 52.0 Å². The first-order chi connectivity index (χ1) is 18.9. The van der Waals surface area contributed by atoms with Gasteiger partial charge in [0.15, 0.2) is 11.5 Å². The van der Waals surface area contributed by atoms with E-state index in [1.165, 1.54) is 23.0 Å². The molecular weight excluding hydrogens is 508 g/mol. The van der Waals surface area contributed by atoms with Crippen molar-refractivity contribution in [1.82, 2.24) is 4.90 Å². The summed E-state index contributed by atoms with van der Waals surface area (Å²) in [6, 6.07) is 13.9. The Morgan fingerprint density at radius 3 is 2.30 bits per heavy atom. The van der Waals surface area contributed by atoms with E-state index in [4.69, 9.17) is 4.74 Å². The molecule has 6 rings (SSSR count). The lowest BCUT2D eigenvalue weighted by Crippen LogP contribution is -2.49. The highest BCUT2D eigenvalue weighted by molar-refractivity contribution is 6.24. The number of phenolic OH excluding ortho intramolecular Hbond substituents is 1. The van der Waals surface area contributed by atoms with Crippen molar-refractivity contribution >= 4 is 29.3 Å². The van der Waals surface area contributed by atoms with Crippen molar-refractivity contribution in [1.29, 1.82) is 0 Å². The molecule has 2 heterocycles. The fraction of sp³-hybridized carbons (Fsp3) is 0.438. The number of carbonyl (C=O) groups is 4. The molecule has 4 aliphatic rings. The van der Waals surface area contributed by atoms with Gasteiger partial charge in [-0.3, -0.25) is 24.1 Å². The molecule has 0 aromatic heterocycles. The van der Waals surface area contributed by atoms with E-state index in [-0.39, 0.29) is 41.0 Å². The van der Waals surface area contributed by atoms with Gasteiger partial charge < -0.3 is 9.84 Å². The van der Waals surface area contributed by atoms with E-state index in [0.29, 0.717) is 18.5 Å². The average Bonchev–Trinajstić information content (AvgIpc) is 3.29. The zero-order valence-electron chi connectivity index (χ0n) is 23.4. The number of rotatable bonds is 3. The van der Waals surface area contributed by atoms with Crippen LogP contribution in [0.2, 0.25) is 0 Å². The average molecular weight is 543 g/mol. The summed E-state index contributed by atoms with van der Waals surface area (Å²) in [7, 11) is 1.46. The first-order valence-electron chi connectivity index (χ1n) is 13.8. The lowest BCUT2D eigenvalue weighted by molar-refractivity contribution is -0.145. The van der Waals surface area contributed by atoms with Gasteiger partial charge in [0.2, 0.25) is 23.6 Å². The number of methoxy groups -OCH3 is 1. The SMILES string of the molecule is COc1cc([C@H]2C3=CC[C@@H]4C(=O)N(C(C)(C)C)C(=O)[C@@H]4[C@@H]3C[C@H]3C(=O)N(c4ccccc4)C(=O)[C@@]23C)ccc1O.